The van der Waals surface area contributed by atoms with Crippen molar-refractivity contribution in [3.8, 4) is 0 Å². The van der Waals surface area contributed by atoms with E-state index in [2.05, 4.69) is 5.32 Å². The second-order valence-electron chi connectivity index (χ2n) is 4.31. The Balaban J connectivity index is 4.62. The van der Waals surface area contributed by atoms with Gasteiger partial charge in [-0.15, -0.1) is 0 Å². The SMILES string of the molecule is CC(=O)NC(C)(C)CC(=O)/C=C(\N)C(Cl)(Cl)Cl. The molecule has 0 aliphatic carbocycles. The van der Waals surface area contributed by atoms with E-state index >= 15 is 0 Å². The number of rotatable bonds is 4. The molecule has 3 N–H and O–H groups in total. The summed E-state index contributed by atoms with van der Waals surface area (Å²) < 4.78 is -1.80. The zero-order valence-electron chi connectivity index (χ0n) is 9.81. The lowest BCUT2D eigenvalue weighted by molar-refractivity contribution is -0.121. The van der Waals surface area contributed by atoms with Gasteiger partial charge in [0.2, 0.25) is 9.70 Å². The molecule has 0 heterocycles. The number of amides is 1. The summed E-state index contributed by atoms with van der Waals surface area (Å²) in [6.07, 6.45) is 1.13. The molecule has 0 aliphatic heterocycles. The van der Waals surface area contributed by atoms with Crippen LogP contribution >= 0.6 is 34.8 Å². The minimum absolute atomic E-state index is 0.0635. The lowest BCUT2D eigenvalue weighted by Gasteiger charge is -2.24. The second-order valence-corrected chi connectivity index (χ2v) is 6.59. The maximum atomic E-state index is 11.6. The summed E-state index contributed by atoms with van der Waals surface area (Å²) in [7, 11) is 0. The van der Waals surface area contributed by atoms with Gasteiger partial charge in [-0.25, -0.2) is 0 Å². The zero-order valence-corrected chi connectivity index (χ0v) is 12.1. The van der Waals surface area contributed by atoms with Crippen LogP contribution in [0.2, 0.25) is 0 Å². The molecule has 0 fully saturated rings. The third-order valence-corrected chi connectivity index (χ3v) is 2.43. The van der Waals surface area contributed by atoms with Crippen molar-refractivity contribution in [2.75, 3.05) is 0 Å². The molecule has 0 saturated carbocycles. The highest BCUT2D eigenvalue weighted by atomic mass is 35.6. The molecule has 0 radical (unpaired) electrons. The standard InChI is InChI=1S/C10H15Cl3N2O2/c1-6(16)15-9(2,3)5-7(17)4-8(14)10(11,12)13/h4H,5,14H2,1-3H3,(H,15,16)/b8-4-. The van der Waals surface area contributed by atoms with Crippen LogP contribution in [0.15, 0.2) is 11.8 Å². The number of nitrogens with two attached hydrogens (primary N) is 1. The van der Waals surface area contributed by atoms with Gasteiger partial charge in [-0.05, 0) is 13.8 Å². The highest BCUT2D eigenvalue weighted by molar-refractivity contribution is 6.69. The number of hydrogen-bond donors (Lipinski definition) is 2. The first-order chi connectivity index (χ1) is 7.44. The van der Waals surface area contributed by atoms with Crippen LogP contribution in [0.3, 0.4) is 0 Å². The first-order valence-electron chi connectivity index (χ1n) is 4.80. The van der Waals surface area contributed by atoms with Crippen molar-refractivity contribution in [2.45, 2.75) is 36.5 Å². The Hall–Kier alpha value is -0.450. The third kappa shape index (κ3) is 7.47. The van der Waals surface area contributed by atoms with Gasteiger partial charge in [0.1, 0.15) is 0 Å². The number of alkyl halides is 3. The fourth-order valence-electron chi connectivity index (χ4n) is 1.26. The maximum Gasteiger partial charge on any atom is 0.230 e. The number of halogens is 3. The fraction of sp³-hybridized carbons (Fsp3) is 0.600. The van der Waals surface area contributed by atoms with Crippen molar-refractivity contribution in [2.24, 2.45) is 5.73 Å². The van der Waals surface area contributed by atoms with Gasteiger partial charge in [0.25, 0.3) is 0 Å². The molecule has 0 saturated heterocycles. The first-order valence-corrected chi connectivity index (χ1v) is 5.93. The van der Waals surface area contributed by atoms with Crippen LogP contribution in [0.25, 0.3) is 0 Å². The molecule has 0 atom stereocenters. The Morgan fingerprint density at radius 3 is 2.12 bits per heavy atom. The van der Waals surface area contributed by atoms with Gasteiger partial charge >= 0.3 is 0 Å². The summed E-state index contributed by atoms with van der Waals surface area (Å²) >= 11 is 16.5. The summed E-state index contributed by atoms with van der Waals surface area (Å²) in [4.78, 5) is 22.5. The average Bonchev–Trinajstić information content (AvgIpc) is 1.96. The van der Waals surface area contributed by atoms with Crippen LogP contribution in [-0.4, -0.2) is 21.0 Å². The van der Waals surface area contributed by atoms with Crippen molar-refractivity contribution in [1.29, 1.82) is 0 Å². The number of carbonyl (C=O) groups excluding carboxylic acids is 2. The highest BCUT2D eigenvalue weighted by Crippen LogP contribution is 2.31. The molecule has 1 amide bonds. The van der Waals surface area contributed by atoms with E-state index in [9.17, 15) is 9.59 Å². The first kappa shape index (κ1) is 16.6. The fourth-order valence-corrected chi connectivity index (χ4v) is 1.43. The summed E-state index contributed by atoms with van der Waals surface area (Å²) in [5.41, 5.74) is 4.61. The van der Waals surface area contributed by atoms with Gasteiger partial charge < -0.3 is 11.1 Å². The van der Waals surface area contributed by atoms with E-state index < -0.39 is 9.33 Å². The maximum absolute atomic E-state index is 11.6. The zero-order chi connectivity index (χ0) is 13.9. The van der Waals surface area contributed by atoms with Gasteiger partial charge in [0, 0.05) is 25.0 Å². The van der Waals surface area contributed by atoms with E-state index in [-0.39, 0.29) is 23.8 Å². The molecule has 0 rings (SSSR count). The topological polar surface area (TPSA) is 72.2 Å². The van der Waals surface area contributed by atoms with Gasteiger partial charge in [0.15, 0.2) is 5.78 Å². The molecule has 0 aliphatic rings. The minimum Gasteiger partial charge on any atom is -0.398 e. The molecule has 0 aromatic carbocycles. The van der Waals surface area contributed by atoms with E-state index in [1.807, 2.05) is 0 Å². The molecule has 0 bridgehead atoms. The predicted octanol–water partition coefficient (Wildman–Crippen LogP) is 2.07. The molecule has 98 valence electrons. The van der Waals surface area contributed by atoms with E-state index in [1.54, 1.807) is 13.8 Å². The van der Waals surface area contributed by atoms with Crippen LogP contribution < -0.4 is 11.1 Å². The van der Waals surface area contributed by atoms with Crippen LogP contribution in [0.1, 0.15) is 27.2 Å². The number of carbonyl (C=O) groups is 2. The summed E-state index contributed by atoms with van der Waals surface area (Å²) in [5.74, 6) is -0.547. The van der Waals surface area contributed by atoms with Crippen molar-refractivity contribution < 1.29 is 9.59 Å². The Labute approximate surface area is 115 Å². The van der Waals surface area contributed by atoms with E-state index in [0.29, 0.717) is 0 Å². The van der Waals surface area contributed by atoms with Crippen LogP contribution in [0.4, 0.5) is 0 Å². The molecule has 0 aromatic heterocycles. The van der Waals surface area contributed by atoms with E-state index in [4.69, 9.17) is 40.5 Å². The highest BCUT2D eigenvalue weighted by Gasteiger charge is 2.26. The molecule has 17 heavy (non-hydrogen) atoms. The Morgan fingerprint density at radius 1 is 1.29 bits per heavy atom. The van der Waals surface area contributed by atoms with Crippen molar-refractivity contribution in [1.82, 2.24) is 5.32 Å². The minimum atomic E-state index is -1.80. The third-order valence-electron chi connectivity index (χ3n) is 1.77. The summed E-state index contributed by atoms with van der Waals surface area (Å²) in [5, 5.41) is 2.63. The largest absolute Gasteiger partial charge is 0.398 e. The Kier molecular flexibility index (Phi) is 5.78. The number of nitrogens with one attached hydrogen (secondary N) is 1. The van der Waals surface area contributed by atoms with Gasteiger partial charge in [-0.1, -0.05) is 34.8 Å². The second kappa shape index (κ2) is 5.94. The summed E-state index contributed by atoms with van der Waals surface area (Å²) in [6.45, 7) is 4.80. The quantitative estimate of drug-likeness (QED) is 0.617. The van der Waals surface area contributed by atoms with Gasteiger partial charge in [0.05, 0.1) is 5.70 Å². The van der Waals surface area contributed by atoms with Crippen LogP contribution in [0, 0.1) is 0 Å². The average molecular weight is 302 g/mol. The predicted molar refractivity (Wildman–Crippen MR) is 70.1 cm³/mol. The van der Waals surface area contributed by atoms with Crippen molar-refractivity contribution in [3.05, 3.63) is 11.8 Å². The molecule has 4 nitrogen and oxygen atoms in total. The van der Waals surface area contributed by atoms with Crippen LogP contribution in [-0.2, 0) is 9.59 Å². The number of ketones is 1. The molecule has 7 heteroatoms. The van der Waals surface area contributed by atoms with Gasteiger partial charge in [-0.2, -0.15) is 0 Å². The van der Waals surface area contributed by atoms with E-state index in [0.717, 1.165) is 6.08 Å². The molecule has 0 aromatic rings. The lowest BCUT2D eigenvalue weighted by Crippen LogP contribution is -2.43. The molecular weight excluding hydrogens is 286 g/mol. The number of hydrogen-bond acceptors (Lipinski definition) is 3. The van der Waals surface area contributed by atoms with Crippen molar-refractivity contribution in [3.63, 3.8) is 0 Å². The number of allylic oxidation sites excluding steroid dienone is 2. The Bertz CT molecular complexity index is 346. The smallest absolute Gasteiger partial charge is 0.230 e. The van der Waals surface area contributed by atoms with E-state index in [1.165, 1.54) is 6.92 Å². The molecule has 0 spiro atoms. The van der Waals surface area contributed by atoms with Crippen molar-refractivity contribution >= 4 is 46.5 Å². The van der Waals surface area contributed by atoms with Crippen LogP contribution in [0.5, 0.6) is 0 Å². The molecule has 0 unspecified atom stereocenters. The monoisotopic (exact) mass is 300 g/mol. The normalized spacial score (nSPS) is 13.4. The Morgan fingerprint density at radius 2 is 1.76 bits per heavy atom. The lowest BCUT2D eigenvalue weighted by atomic mass is 9.97. The van der Waals surface area contributed by atoms with Gasteiger partial charge in [-0.3, -0.25) is 9.59 Å². The molecular formula is C10H15Cl3N2O2. The summed E-state index contributed by atoms with van der Waals surface area (Å²) in [6, 6.07) is 0.